The predicted octanol–water partition coefficient (Wildman–Crippen LogP) is 2.62. The minimum Gasteiger partial charge on any atom is -0.336 e. The number of nitrogens with zero attached hydrogens (tertiary/aromatic N) is 1. The summed E-state index contributed by atoms with van der Waals surface area (Å²) in [7, 11) is 0. The van der Waals surface area contributed by atoms with Crippen molar-refractivity contribution in [3.05, 3.63) is 40.3 Å². The zero-order valence-corrected chi connectivity index (χ0v) is 10.4. The van der Waals surface area contributed by atoms with Gasteiger partial charge in [0.15, 0.2) is 11.6 Å². The third kappa shape index (κ3) is 2.53. The van der Waals surface area contributed by atoms with Crippen LogP contribution in [0.3, 0.4) is 0 Å². The standard InChI is InChI=1S/C11H10BrF2N3/c12-11-10(16-9(17-11)3-4-15)6-1-2-7(13)8(14)5-6/h1-2,5H,3-4,15H2,(H,16,17). The SMILES string of the molecule is NCCc1nc(-c2ccc(F)c(F)c2)c(Br)[nH]1. The van der Waals surface area contributed by atoms with Gasteiger partial charge in [-0.1, -0.05) is 0 Å². The number of nitrogens with one attached hydrogen (secondary N) is 1. The molecule has 0 saturated heterocycles. The van der Waals surface area contributed by atoms with Crippen molar-refractivity contribution in [3.8, 4) is 11.3 Å². The summed E-state index contributed by atoms with van der Waals surface area (Å²) in [6.45, 7) is 0.469. The molecule has 0 unspecified atom stereocenters. The largest absolute Gasteiger partial charge is 0.336 e. The first-order valence-corrected chi connectivity index (χ1v) is 5.81. The lowest BCUT2D eigenvalue weighted by atomic mass is 10.1. The minimum absolute atomic E-state index is 0.469. The predicted molar refractivity (Wildman–Crippen MR) is 64.4 cm³/mol. The average Bonchev–Trinajstić information content (AvgIpc) is 2.64. The maximum atomic E-state index is 13.1. The van der Waals surface area contributed by atoms with E-state index in [2.05, 4.69) is 25.9 Å². The molecule has 0 bridgehead atoms. The molecule has 6 heteroatoms. The maximum absolute atomic E-state index is 13.1. The van der Waals surface area contributed by atoms with E-state index in [1.54, 1.807) is 0 Å². The van der Waals surface area contributed by atoms with Crippen molar-refractivity contribution in [2.75, 3.05) is 6.54 Å². The van der Waals surface area contributed by atoms with Gasteiger partial charge in [0.2, 0.25) is 0 Å². The van der Waals surface area contributed by atoms with E-state index in [4.69, 9.17) is 5.73 Å². The molecule has 0 saturated carbocycles. The fourth-order valence-corrected chi connectivity index (χ4v) is 2.03. The molecule has 17 heavy (non-hydrogen) atoms. The van der Waals surface area contributed by atoms with Gasteiger partial charge in [0.1, 0.15) is 16.1 Å². The number of hydrogen-bond acceptors (Lipinski definition) is 2. The number of aromatic nitrogens is 2. The molecule has 0 amide bonds. The second-order valence-electron chi connectivity index (χ2n) is 3.51. The molecule has 0 aliphatic heterocycles. The fourth-order valence-electron chi connectivity index (χ4n) is 1.49. The Bertz CT molecular complexity index is 540. The van der Waals surface area contributed by atoms with Gasteiger partial charge in [0, 0.05) is 12.0 Å². The number of rotatable bonds is 3. The zero-order valence-electron chi connectivity index (χ0n) is 8.80. The Morgan fingerprint density at radius 1 is 1.29 bits per heavy atom. The first-order chi connectivity index (χ1) is 8.11. The quantitative estimate of drug-likeness (QED) is 0.915. The molecule has 2 aromatic rings. The molecule has 2 rings (SSSR count). The number of benzene rings is 1. The van der Waals surface area contributed by atoms with Crippen LogP contribution in [0.25, 0.3) is 11.3 Å². The van der Waals surface area contributed by atoms with Crippen LogP contribution in [0, 0.1) is 11.6 Å². The fraction of sp³-hybridized carbons (Fsp3) is 0.182. The van der Waals surface area contributed by atoms with Crippen LogP contribution in [0.2, 0.25) is 0 Å². The third-order valence-corrected chi connectivity index (χ3v) is 2.86. The Labute approximate surface area is 105 Å². The summed E-state index contributed by atoms with van der Waals surface area (Å²) in [4.78, 5) is 7.26. The number of nitrogens with two attached hydrogens (primary N) is 1. The summed E-state index contributed by atoms with van der Waals surface area (Å²) < 4.78 is 26.5. The average molecular weight is 302 g/mol. The molecule has 0 fully saturated rings. The van der Waals surface area contributed by atoms with Crippen LogP contribution in [-0.2, 0) is 6.42 Å². The van der Waals surface area contributed by atoms with Gasteiger partial charge in [0.05, 0.1) is 0 Å². The van der Waals surface area contributed by atoms with Crippen molar-refractivity contribution in [3.63, 3.8) is 0 Å². The second-order valence-corrected chi connectivity index (χ2v) is 4.31. The summed E-state index contributed by atoms with van der Waals surface area (Å²) in [5.74, 6) is -1.06. The first-order valence-electron chi connectivity index (χ1n) is 5.01. The second kappa shape index (κ2) is 4.93. The van der Waals surface area contributed by atoms with Gasteiger partial charge in [0.25, 0.3) is 0 Å². The number of aromatic amines is 1. The molecule has 0 aliphatic carbocycles. The van der Waals surface area contributed by atoms with Crippen molar-refractivity contribution in [2.24, 2.45) is 5.73 Å². The maximum Gasteiger partial charge on any atom is 0.159 e. The van der Waals surface area contributed by atoms with Crippen molar-refractivity contribution in [2.45, 2.75) is 6.42 Å². The molecular formula is C11H10BrF2N3. The van der Waals surface area contributed by atoms with E-state index in [-0.39, 0.29) is 0 Å². The van der Waals surface area contributed by atoms with Gasteiger partial charge in [-0.05, 0) is 40.7 Å². The summed E-state index contributed by atoms with van der Waals surface area (Å²) in [5.41, 5.74) is 6.48. The lowest BCUT2D eigenvalue weighted by Crippen LogP contribution is -2.03. The van der Waals surface area contributed by atoms with Crippen LogP contribution in [0.5, 0.6) is 0 Å². The number of hydrogen-bond donors (Lipinski definition) is 2. The molecule has 90 valence electrons. The van der Waals surface area contributed by atoms with Crippen molar-refractivity contribution in [1.29, 1.82) is 0 Å². The number of halogens is 3. The van der Waals surface area contributed by atoms with Crippen LogP contribution in [0.15, 0.2) is 22.8 Å². The number of imidazole rings is 1. The summed E-state index contributed by atoms with van der Waals surface area (Å²) >= 11 is 3.29. The van der Waals surface area contributed by atoms with E-state index in [9.17, 15) is 8.78 Å². The monoisotopic (exact) mass is 301 g/mol. The molecule has 1 aromatic heterocycles. The van der Waals surface area contributed by atoms with E-state index in [0.29, 0.717) is 34.7 Å². The van der Waals surface area contributed by atoms with Gasteiger partial charge in [-0.2, -0.15) is 0 Å². The van der Waals surface area contributed by atoms with Gasteiger partial charge in [-0.25, -0.2) is 13.8 Å². The van der Waals surface area contributed by atoms with Gasteiger partial charge in [-0.15, -0.1) is 0 Å². The van der Waals surface area contributed by atoms with Crippen LogP contribution >= 0.6 is 15.9 Å². The zero-order chi connectivity index (χ0) is 12.4. The molecular weight excluding hydrogens is 292 g/mol. The Morgan fingerprint density at radius 2 is 2.06 bits per heavy atom. The van der Waals surface area contributed by atoms with Crippen LogP contribution in [-0.4, -0.2) is 16.5 Å². The highest BCUT2D eigenvalue weighted by Crippen LogP contribution is 2.27. The molecule has 1 heterocycles. The van der Waals surface area contributed by atoms with Crippen LogP contribution < -0.4 is 5.73 Å². The van der Waals surface area contributed by atoms with Crippen molar-refractivity contribution in [1.82, 2.24) is 9.97 Å². The molecule has 3 N–H and O–H groups in total. The molecule has 0 aliphatic rings. The van der Waals surface area contributed by atoms with Crippen LogP contribution in [0.4, 0.5) is 8.78 Å². The van der Waals surface area contributed by atoms with Gasteiger partial charge < -0.3 is 10.7 Å². The van der Waals surface area contributed by atoms with Crippen molar-refractivity contribution >= 4 is 15.9 Å². The highest BCUT2D eigenvalue weighted by molar-refractivity contribution is 9.10. The molecule has 3 nitrogen and oxygen atoms in total. The minimum atomic E-state index is -0.891. The lowest BCUT2D eigenvalue weighted by Gasteiger charge is -1.98. The molecule has 0 radical (unpaired) electrons. The normalized spacial score (nSPS) is 10.8. The highest BCUT2D eigenvalue weighted by Gasteiger charge is 2.12. The lowest BCUT2D eigenvalue weighted by molar-refractivity contribution is 0.509. The summed E-state index contributed by atoms with van der Waals surface area (Å²) in [5, 5.41) is 0. The number of H-pyrrole nitrogens is 1. The highest BCUT2D eigenvalue weighted by atomic mass is 79.9. The summed E-state index contributed by atoms with van der Waals surface area (Å²) in [6, 6.07) is 3.67. The van der Waals surface area contributed by atoms with Gasteiger partial charge in [-0.3, -0.25) is 0 Å². The molecule has 1 aromatic carbocycles. The Hall–Kier alpha value is -1.27. The van der Waals surface area contributed by atoms with E-state index in [0.717, 1.165) is 12.1 Å². The van der Waals surface area contributed by atoms with E-state index in [1.165, 1.54) is 6.07 Å². The Kier molecular flexibility index (Phi) is 3.54. The summed E-state index contributed by atoms with van der Waals surface area (Å²) in [6.07, 6.45) is 0.599. The molecule has 0 atom stereocenters. The van der Waals surface area contributed by atoms with E-state index < -0.39 is 11.6 Å². The topological polar surface area (TPSA) is 54.7 Å². The Balaban J connectivity index is 2.41. The van der Waals surface area contributed by atoms with E-state index >= 15 is 0 Å². The van der Waals surface area contributed by atoms with Crippen molar-refractivity contribution < 1.29 is 8.78 Å². The van der Waals surface area contributed by atoms with E-state index in [1.807, 2.05) is 0 Å². The Morgan fingerprint density at radius 3 is 2.71 bits per heavy atom. The molecule has 0 spiro atoms. The van der Waals surface area contributed by atoms with Crippen LogP contribution in [0.1, 0.15) is 5.82 Å². The third-order valence-electron chi connectivity index (χ3n) is 2.28. The van der Waals surface area contributed by atoms with Gasteiger partial charge >= 0.3 is 0 Å². The first kappa shape index (κ1) is 12.2. The smallest absolute Gasteiger partial charge is 0.159 e.